The Bertz CT molecular complexity index is 310. The fourth-order valence-corrected chi connectivity index (χ4v) is 1.64. The summed E-state index contributed by atoms with van der Waals surface area (Å²) < 4.78 is 11.1. The van der Waals surface area contributed by atoms with Crippen LogP contribution in [0.3, 0.4) is 0 Å². The van der Waals surface area contributed by atoms with Crippen molar-refractivity contribution in [2.75, 3.05) is 19.3 Å². The quantitative estimate of drug-likeness (QED) is 0.610. The summed E-state index contributed by atoms with van der Waals surface area (Å²) in [6.07, 6.45) is 2.39. The predicted octanol–water partition coefficient (Wildman–Crippen LogP) is -0.0327. The second-order valence-corrected chi connectivity index (χ2v) is 5.92. The van der Waals surface area contributed by atoms with Crippen molar-refractivity contribution in [3.8, 4) is 0 Å². The Kier molecular flexibility index (Phi) is 8.57. The number of hydrogen-bond acceptors (Lipinski definition) is 4. The highest BCUT2D eigenvalue weighted by molar-refractivity contribution is 7.84. The van der Waals surface area contributed by atoms with Gasteiger partial charge in [-0.1, -0.05) is 6.92 Å². The van der Waals surface area contributed by atoms with Gasteiger partial charge in [-0.05, 0) is 26.8 Å². The van der Waals surface area contributed by atoms with Crippen molar-refractivity contribution in [2.24, 2.45) is 0 Å². The van der Waals surface area contributed by atoms with Gasteiger partial charge in [0.2, 0.25) is 5.91 Å². The number of carbonyl (C=O) groups is 2. The molecule has 3 atom stereocenters. The van der Waals surface area contributed by atoms with Crippen LogP contribution >= 0.6 is 0 Å². The monoisotopic (exact) mass is 277 g/mol. The largest absolute Gasteiger partial charge is 0.338 e. The molecule has 6 nitrogen and oxygen atoms in total. The minimum absolute atomic E-state index is 0.0937. The van der Waals surface area contributed by atoms with Gasteiger partial charge in [-0.25, -0.2) is 4.79 Å². The van der Waals surface area contributed by atoms with Gasteiger partial charge in [0.1, 0.15) is 0 Å². The van der Waals surface area contributed by atoms with Crippen molar-refractivity contribution in [1.82, 2.24) is 16.0 Å². The van der Waals surface area contributed by atoms with Crippen molar-refractivity contribution in [3.63, 3.8) is 0 Å². The van der Waals surface area contributed by atoms with Crippen LogP contribution in [0.5, 0.6) is 0 Å². The SMILES string of the molecule is CCNC(=O)NC(=O)C(C)NCCC(C)S(C)=O. The van der Waals surface area contributed by atoms with E-state index in [9.17, 15) is 13.8 Å². The zero-order chi connectivity index (χ0) is 14.1. The number of amides is 3. The van der Waals surface area contributed by atoms with Crippen LogP contribution in [-0.2, 0) is 15.6 Å². The number of carbonyl (C=O) groups excluding carboxylic acids is 2. The first kappa shape index (κ1) is 17.1. The van der Waals surface area contributed by atoms with Gasteiger partial charge in [0.05, 0.1) is 6.04 Å². The van der Waals surface area contributed by atoms with Crippen LogP contribution in [0.1, 0.15) is 27.2 Å². The molecule has 0 aliphatic rings. The number of rotatable bonds is 7. The second kappa shape index (κ2) is 9.04. The third kappa shape index (κ3) is 7.39. The van der Waals surface area contributed by atoms with Crippen LogP contribution in [0.15, 0.2) is 0 Å². The van der Waals surface area contributed by atoms with Crippen molar-refractivity contribution in [1.29, 1.82) is 0 Å². The van der Waals surface area contributed by atoms with Crippen LogP contribution in [0, 0.1) is 0 Å². The van der Waals surface area contributed by atoms with E-state index in [0.29, 0.717) is 13.1 Å². The van der Waals surface area contributed by atoms with Gasteiger partial charge >= 0.3 is 6.03 Å². The maximum absolute atomic E-state index is 11.5. The molecule has 0 radical (unpaired) electrons. The van der Waals surface area contributed by atoms with Gasteiger partial charge in [-0.3, -0.25) is 14.3 Å². The highest BCUT2D eigenvalue weighted by atomic mass is 32.2. The lowest BCUT2D eigenvalue weighted by Gasteiger charge is -2.15. The van der Waals surface area contributed by atoms with Crippen LogP contribution in [0.25, 0.3) is 0 Å². The summed E-state index contributed by atoms with van der Waals surface area (Å²) in [6.45, 7) is 6.42. The van der Waals surface area contributed by atoms with E-state index >= 15 is 0 Å². The molecule has 0 aliphatic heterocycles. The Hall–Kier alpha value is -0.950. The Morgan fingerprint density at radius 3 is 2.39 bits per heavy atom. The normalized spacial score (nSPS) is 15.6. The summed E-state index contributed by atoms with van der Waals surface area (Å²) in [5, 5.41) is 7.79. The summed E-state index contributed by atoms with van der Waals surface area (Å²) in [4.78, 5) is 22.7. The highest BCUT2D eigenvalue weighted by Crippen LogP contribution is 1.97. The summed E-state index contributed by atoms with van der Waals surface area (Å²) in [7, 11) is -0.852. The second-order valence-electron chi connectivity index (χ2n) is 4.12. The Morgan fingerprint density at radius 2 is 1.89 bits per heavy atom. The number of imide groups is 1. The summed E-state index contributed by atoms with van der Waals surface area (Å²) in [6, 6.07) is -0.940. The van der Waals surface area contributed by atoms with E-state index in [-0.39, 0.29) is 11.2 Å². The summed E-state index contributed by atoms with van der Waals surface area (Å²) >= 11 is 0. The maximum Gasteiger partial charge on any atom is 0.321 e. The molecule has 0 heterocycles. The maximum atomic E-state index is 11.5. The average Bonchev–Trinajstić information content (AvgIpc) is 2.28. The minimum Gasteiger partial charge on any atom is -0.338 e. The Morgan fingerprint density at radius 1 is 1.28 bits per heavy atom. The molecule has 106 valence electrons. The number of nitrogens with one attached hydrogen (secondary N) is 3. The smallest absolute Gasteiger partial charge is 0.321 e. The molecular formula is C11H23N3O3S. The molecule has 0 aromatic rings. The number of hydrogen-bond donors (Lipinski definition) is 3. The topological polar surface area (TPSA) is 87.3 Å². The third-order valence-electron chi connectivity index (χ3n) is 2.54. The lowest BCUT2D eigenvalue weighted by Crippen LogP contribution is -2.48. The molecule has 3 amide bonds. The van der Waals surface area contributed by atoms with E-state index in [1.54, 1.807) is 20.1 Å². The van der Waals surface area contributed by atoms with Crippen LogP contribution in [-0.4, -0.2) is 46.8 Å². The molecule has 7 heteroatoms. The van der Waals surface area contributed by atoms with Crippen LogP contribution in [0.4, 0.5) is 4.79 Å². The lowest BCUT2D eigenvalue weighted by atomic mass is 10.2. The van der Waals surface area contributed by atoms with Gasteiger partial charge < -0.3 is 10.6 Å². The minimum atomic E-state index is -0.852. The van der Waals surface area contributed by atoms with E-state index in [1.165, 1.54) is 0 Å². The average molecular weight is 277 g/mol. The lowest BCUT2D eigenvalue weighted by molar-refractivity contribution is -0.121. The van der Waals surface area contributed by atoms with Gasteiger partial charge in [0, 0.05) is 28.9 Å². The molecule has 0 saturated heterocycles. The molecular weight excluding hydrogens is 254 g/mol. The molecule has 3 N–H and O–H groups in total. The first-order chi connectivity index (χ1) is 8.38. The molecule has 0 saturated carbocycles. The standard InChI is InChI=1S/C11H23N3O3S/c1-5-12-11(16)14-10(15)9(3)13-7-6-8(2)18(4)17/h8-9,13H,5-7H2,1-4H3,(H2,12,14,15,16). The molecule has 0 bridgehead atoms. The summed E-state index contributed by atoms with van der Waals surface area (Å²) in [5.41, 5.74) is 0. The molecule has 0 fully saturated rings. The van der Waals surface area contributed by atoms with Crippen molar-refractivity contribution in [3.05, 3.63) is 0 Å². The summed E-state index contributed by atoms with van der Waals surface area (Å²) in [5.74, 6) is -0.369. The van der Waals surface area contributed by atoms with E-state index in [0.717, 1.165) is 6.42 Å². The molecule has 18 heavy (non-hydrogen) atoms. The Labute approximate surface area is 111 Å². The van der Waals surface area contributed by atoms with Crippen molar-refractivity contribution < 1.29 is 13.8 Å². The molecule has 0 rings (SSSR count). The van der Waals surface area contributed by atoms with Gasteiger partial charge in [0.15, 0.2) is 0 Å². The van der Waals surface area contributed by atoms with Crippen LogP contribution in [0.2, 0.25) is 0 Å². The first-order valence-electron chi connectivity index (χ1n) is 6.02. The molecule has 3 unspecified atom stereocenters. The fraction of sp³-hybridized carbons (Fsp3) is 0.818. The zero-order valence-electron chi connectivity index (χ0n) is 11.4. The van der Waals surface area contributed by atoms with E-state index in [1.807, 2.05) is 6.92 Å². The van der Waals surface area contributed by atoms with Gasteiger partial charge in [-0.2, -0.15) is 0 Å². The molecule has 0 aliphatic carbocycles. The number of urea groups is 1. The third-order valence-corrected chi connectivity index (χ3v) is 3.90. The van der Waals surface area contributed by atoms with Crippen LogP contribution < -0.4 is 16.0 Å². The predicted molar refractivity (Wildman–Crippen MR) is 72.8 cm³/mol. The zero-order valence-corrected chi connectivity index (χ0v) is 12.2. The highest BCUT2D eigenvalue weighted by Gasteiger charge is 2.15. The Balaban J connectivity index is 3.88. The van der Waals surface area contributed by atoms with E-state index in [2.05, 4.69) is 16.0 Å². The van der Waals surface area contributed by atoms with Gasteiger partial charge in [0.25, 0.3) is 0 Å². The van der Waals surface area contributed by atoms with E-state index in [4.69, 9.17) is 0 Å². The van der Waals surface area contributed by atoms with Gasteiger partial charge in [-0.15, -0.1) is 0 Å². The van der Waals surface area contributed by atoms with E-state index < -0.39 is 22.9 Å². The molecule has 0 aromatic heterocycles. The molecule has 0 aromatic carbocycles. The molecule has 0 spiro atoms. The van der Waals surface area contributed by atoms with Crippen molar-refractivity contribution in [2.45, 2.75) is 38.5 Å². The fourth-order valence-electron chi connectivity index (χ4n) is 1.19. The van der Waals surface area contributed by atoms with Crippen molar-refractivity contribution >= 4 is 22.7 Å². The first-order valence-corrected chi connectivity index (χ1v) is 7.64.